The van der Waals surface area contributed by atoms with E-state index in [1.54, 1.807) is 17.0 Å². The van der Waals surface area contributed by atoms with Crippen LogP contribution < -0.4 is 4.90 Å². The lowest BCUT2D eigenvalue weighted by atomic mass is 10.2. The minimum Gasteiger partial charge on any atom is -0.368 e. The number of carbonyl (C=O) groups excluding carboxylic acids is 1. The van der Waals surface area contributed by atoms with Crippen LogP contribution in [-0.4, -0.2) is 46.8 Å². The SMILES string of the molecule is Cc1cc(C(=O)N2CCN(c3ccc(F)cc3)CC2)nn1C(F)F. The number of amides is 1. The summed E-state index contributed by atoms with van der Waals surface area (Å²) in [6, 6.07) is 7.56. The number of benzene rings is 1. The van der Waals surface area contributed by atoms with Crippen LogP contribution in [0.5, 0.6) is 0 Å². The quantitative estimate of drug-likeness (QED) is 0.864. The molecule has 3 rings (SSSR count). The Labute approximate surface area is 137 Å². The van der Waals surface area contributed by atoms with E-state index in [-0.39, 0.29) is 23.1 Å². The normalized spacial score (nSPS) is 15.2. The highest BCUT2D eigenvalue weighted by atomic mass is 19.3. The van der Waals surface area contributed by atoms with E-state index in [0.717, 1.165) is 5.69 Å². The van der Waals surface area contributed by atoms with Gasteiger partial charge in [0, 0.05) is 37.6 Å². The average Bonchev–Trinajstić information content (AvgIpc) is 2.97. The molecule has 2 aromatic rings. The van der Waals surface area contributed by atoms with Crippen LogP contribution in [0.2, 0.25) is 0 Å². The van der Waals surface area contributed by atoms with Gasteiger partial charge in [-0.15, -0.1) is 0 Å². The summed E-state index contributed by atoms with van der Waals surface area (Å²) in [6.07, 6.45) is 0. The van der Waals surface area contributed by atoms with Gasteiger partial charge in [0.2, 0.25) is 0 Å². The Balaban J connectivity index is 1.65. The highest BCUT2D eigenvalue weighted by Gasteiger charge is 2.25. The van der Waals surface area contributed by atoms with Crippen molar-refractivity contribution in [3.05, 3.63) is 47.5 Å². The van der Waals surface area contributed by atoms with Gasteiger partial charge < -0.3 is 9.80 Å². The monoisotopic (exact) mass is 338 g/mol. The highest BCUT2D eigenvalue weighted by molar-refractivity contribution is 5.92. The number of hydrogen-bond donors (Lipinski definition) is 0. The number of hydrogen-bond acceptors (Lipinski definition) is 3. The maximum absolute atomic E-state index is 13.0. The molecular weight excluding hydrogens is 321 g/mol. The van der Waals surface area contributed by atoms with Gasteiger partial charge in [0.15, 0.2) is 5.69 Å². The zero-order valence-electron chi connectivity index (χ0n) is 13.1. The summed E-state index contributed by atoms with van der Waals surface area (Å²) in [4.78, 5) is 16.1. The molecule has 0 spiro atoms. The van der Waals surface area contributed by atoms with Gasteiger partial charge in [0.25, 0.3) is 5.91 Å². The average molecular weight is 338 g/mol. The van der Waals surface area contributed by atoms with Crippen LogP contribution in [0.25, 0.3) is 0 Å². The molecule has 8 heteroatoms. The van der Waals surface area contributed by atoms with Crippen molar-refractivity contribution >= 4 is 11.6 Å². The smallest absolute Gasteiger partial charge is 0.333 e. The minimum absolute atomic E-state index is 0.0306. The Hall–Kier alpha value is -2.51. The molecule has 0 radical (unpaired) electrons. The predicted octanol–water partition coefficient (Wildman–Crippen LogP) is 2.69. The molecule has 1 aliphatic rings. The molecule has 0 atom stereocenters. The molecule has 24 heavy (non-hydrogen) atoms. The molecule has 128 valence electrons. The predicted molar refractivity (Wildman–Crippen MR) is 82.7 cm³/mol. The number of piperazine rings is 1. The number of halogens is 3. The molecule has 1 aliphatic heterocycles. The number of rotatable bonds is 3. The second-order valence-electron chi connectivity index (χ2n) is 5.65. The summed E-state index contributed by atoms with van der Waals surface area (Å²) < 4.78 is 39.0. The van der Waals surface area contributed by atoms with Gasteiger partial charge in [-0.2, -0.15) is 13.9 Å². The van der Waals surface area contributed by atoms with Gasteiger partial charge in [0.1, 0.15) is 5.82 Å². The first-order valence-electron chi connectivity index (χ1n) is 7.60. The van der Waals surface area contributed by atoms with E-state index in [1.807, 2.05) is 4.90 Å². The Kier molecular flexibility index (Phi) is 4.46. The Morgan fingerprint density at radius 2 is 1.75 bits per heavy atom. The van der Waals surface area contributed by atoms with Crippen molar-refractivity contribution < 1.29 is 18.0 Å². The van der Waals surface area contributed by atoms with Crippen LogP contribution in [0.15, 0.2) is 30.3 Å². The summed E-state index contributed by atoms with van der Waals surface area (Å²) >= 11 is 0. The first kappa shape index (κ1) is 16.4. The lowest BCUT2D eigenvalue weighted by Crippen LogP contribution is -2.48. The molecule has 0 N–H and O–H groups in total. The lowest BCUT2D eigenvalue weighted by Gasteiger charge is -2.35. The fourth-order valence-corrected chi connectivity index (χ4v) is 2.77. The molecule has 1 aromatic carbocycles. The maximum Gasteiger partial charge on any atom is 0.333 e. The van der Waals surface area contributed by atoms with Crippen molar-refractivity contribution in [3.8, 4) is 0 Å². The minimum atomic E-state index is -2.76. The molecule has 5 nitrogen and oxygen atoms in total. The molecule has 1 amide bonds. The molecule has 2 heterocycles. The molecule has 0 bridgehead atoms. The standard InChI is InChI=1S/C16H17F3N4O/c1-11-10-14(20-23(11)16(18)19)15(24)22-8-6-21(7-9-22)13-4-2-12(17)3-5-13/h2-5,10,16H,6-9H2,1H3. The van der Waals surface area contributed by atoms with Gasteiger partial charge in [-0.3, -0.25) is 4.79 Å². The van der Waals surface area contributed by atoms with Gasteiger partial charge in [-0.1, -0.05) is 0 Å². The third kappa shape index (κ3) is 3.22. The molecule has 0 unspecified atom stereocenters. The van der Waals surface area contributed by atoms with Crippen molar-refractivity contribution in [1.82, 2.24) is 14.7 Å². The highest BCUT2D eigenvalue weighted by Crippen LogP contribution is 2.19. The lowest BCUT2D eigenvalue weighted by molar-refractivity contribution is 0.0531. The Morgan fingerprint density at radius 3 is 2.29 bits per heavy atom. The van der Waals surface area contributed by atoms with E-state index < -0.39 is 6.55 Å². The number of anilines is 1. The molecule has 1 fully saturated rings. The van der Waals surface area contributed by atoms with E-state index in [4.69, 9.17) is 0 Å². The molecule has 1 aromatic heterocycles. The van der Waals surface area contributed by atoms with Crippen LogP contribution in [0, 0.1) is 12.7 Å². The van der Waals surface area contributed by atoms with Crippen molar-refractivity contribution in [3.63, 3.8) is 0 Å². The van der Waals surface area contributed by atoms with Gasteiger partial charge >= 0.3 is 6.55 Å². The van der Waals surface area contributed by atoms with Crippen LogP contribution in [0.4, 0.5) is 18.9 Å². The van der Waals surface area contributed by atoms with Crippen LogP contribution in [0.3, 0.4) is 0 Å². The van der Waals surface area contributed by atoms with Crippen molar-refractivity contribution in [2.24, 2.45) is 0 Å². The number of alkyl halides is 2. The summed E-state index contributed by atoms with van der Waals surface area (Å²) in [7, 11) is 0. The number of carbonyl (C=O) groups is 1. The summed E-state index contributed by atoms with van der Waals surface area (Å²) in [5, 5.41) is 3.69. The van der Waals surface area contributed by atoms with Crippen molar-refractivity contribution in [1.29, 1.82) is 0 Å². The zero-order chi connectivity index (χ0) is 17.3. The van der Waals surface area contributed by atoms with E-state index in [9.17, 15) is 18.0 Å². The Bertz CT molecular complexity index is 721. The van der Waals surface area contributed by atoms with E-state index in [0.29, 0.717) is 30.9 Å². The van der Waals surface area contributed by atoms with E-state index in [1.165, 1.54) is 25.1 Å². The van der Waals surface area contributed by atoms with Crippen molar-refractivity contribution in [2.75, 3.05) is 31.1 Å². The fourth-order valence-electron chi connectivity index (χ4n) is 2.77. The zero-order valence-corrected chi connectivity index (χ0v) is 13.1. The van der Waals surface area contributed by atoms with Crippen LogP contribution in [-0.2, 0) is 0 Å². The van der Waals surface area contributed by atoms with Crippen molar-refractivity contribution in [2.45, 2.75) is 13.5 Å². The molecule has 1 saturated heterocycles. The largest absolute Gasteiger partial charge is 0.368 e. The molecule has 0 saturated carbocycles. The molecular formula is C16H17F3N4O. The van der Waals surface area contributed by atoms with Gasteiger partial charge in [0.05, 0.1) is 0 Å². The summed E-state index contributed by atoms with van der Waals surface area (Å²) in [5.74, 6) is -0.645. The van der Waals surface area contributed by atoms with Crippen LogP contribution in [0.1, 0.15) is 22.7 Å². The third-order valence-corrected chi connectivity index (χ3v) is 4.09. The third-order valence-electron chi connectivity index (χ3n) is 4.09. The number of aryl methyl sites for hydroxylation is 1. The topological polar surface area (TPSA) is 41.4 Å². The first-order chi connectivity index (χ1) is 11.5. The van der Waals surface area contributed by atoms with E-state index in [2.05, 4.69) is 5.10 Å². The fraction of sp³-hybridized carbons (Fsp3) is 0.375. The Morgan fingerprint density at radius 1 is 1.12 bits per heavy atom. The molecule has 0 aliphatic carbocycles. The second kappa shape index (κ2) is 6.54. The number of nitrogens with zero attached hydrogens (tertiary/aromatic N) is 4. The van der Waals surface area contributed by atoms with Gasteiger partial charge in [-0.05, 0) is 37.3 Å². The first-order valence-corrected chi connectivity index (χ1v) is 7.60. The van der Waals surface area contributed by atoms with E-state index >= 15 is 0 Å². The van der Waals surface area contributed by atoms with Gasteiger partial charge in [-0.25, -0.2) is 9.07 Å². The maximum atomic E-state index is 13.0. The summed E-state index contributed by atoms with van der Waals surface area (Å²) in [6.45, 7) is 0.815. The number of aromatic nitrogens is 2. The second-order valence-corrected chi connectivity index (χ2v) is 5.65. The summed E-state index contributed by atoms with van der Waals surface area (Å²) in [5.41, 5.74) is 1.17. The van der Waals surface area contributed by atoms with Crippen LogP contribution >= 0.6 is 0 Å².